The molecule has 0 aromatic carbocycles. The first-order valence-electron chi connectivity index (χ1n) is 10.4. The van der Waals surface area contributed by atoms with Crippen LogP contribution < -0.4 is 0 Å². The molecule has 9 nitrogen and oxygen atoms in total. The van der Waals surface area contributed by atoms with Gasteiger partial charge in [-0.2, -0.15) is 0 Å². The van der Waals surface area contributed by atoms with Crippen molar-refractivity contribution in [3.05, 3.63) is 0 Å². The average Bonchev–Trinajstić information content (AvgIpc) is 3.19. The van der Waals surface area contributed by atoms with E-state index in [-0.39, 0.29) is 44.4 Å². The Bertz CT molecular complexity index is 502. The van der Waals surface area contributed by atoms with Crippen LogP contribution in [0.5, 0.6) is 0 Å². The summed E-state index contributed by atoms with van der Waals surface area (Å²) >= 11 is 0. The first-order valence-corrected chi connectivity index (χ1v) is 10.4. The summed E-state index contributed by atoms with van der Waals surface area (Å²) in [5, 5.41) is 9.87. The van der Waals surface area contributed by atoms with E-state index in [1.807, 2.05) is 27.7 Å². The molecular formula is C20H36O9. The predicted octanol–water partition coefficient (Wildman–Crippen LogP) is 1.74. The maximum atomic E-state index is 11.8. The molecule has 2 aliphatic heterocycles. The molecule has 0 amide bonds. The Morgan fingerprint density at radius 1 is 1.00 bits per heavy atom. The van der Waals surface area contributed by atoms with Gasteiger partial charge < -0.3 is 38.3 Å². The Morgan fingerprint density at radius 3 is 2.17 bits per heavy atom. The fraction of sp³-hybridized carbons (Fsp3) is 0.950. The monoisotopic (exact) mass is 420 g/mol. The third kappa shape index (κ3) is 9.25. The van der Waals surface area contributed by atoms with E-state index >= 15 is 0 Å². The summed E-state index contributed by atoms with van der Waals surface area (Å²) in [5.74, 6) is -1.68. The Balaban J connectivity index is 1.41. The number of carbonyl (C=O) groups excluding carboxylic acids is 1. The van der Waals surface area contributed by atoms with Crippen LogP contribution in [-0.2, 0) is 38.0 Å². The smallest absolute Gasteiger partial charge is 0.306 e. The van der Waals surface area contributed by atoms with Gasteiger partial charge in [0.2, 0.25) is 0 Å². The zero-order chi connectivity index (χ0) is 21.3. The molecule has 29 heavy (non-hydrogen) atoms. The summed E-state index contributed by atoms with van der Waals surface area (Å²) in [6.45, 7) is 9.66. The molecule has 2 fully saturated rings. The minimum absolute atomic E-state index is 0.0429. The summed E-state index contributed by atoms with van der Waals surface area (Å²) in [5.41, 5.74) is 0. The molecule has 5 unspecified atom stereocenters. The van der Waals surface area contributed by atoms with Gasteiger partial charge >= 0.3 is 5.97 Å². The number of aliphatic hydroxyl groups is 1. The lowest BCUT2D eigenvalue weighted by atomic mass is 10.1. The van der Waals surface area contributed by atoms with Crippen molar-refractivity contribution in [3.63, 3.8) is 0 Å². The molecule has 0 aromatic rings. The fourth-order valence-corrected chi connectivity index (χ4v) is 3.27. The largest absolute Gasteiger partial charge is 0.463 e. The van der Waals surface area contributed by atoms with Gasteiger partial charge in [0.25, 0.3) is 0 Å². The average molecular weight is 420 g/mol. The summed E-state index contributed by atoms with van der Waals surface area (Å²) in [4.78, 5) is 11.8. The molecule has 0 radical (unpaired) electrons. The first kappa shape index (κ1) is 24.5. The number of esters is 1. The van der Waals surface area contributed by atoms with E-state index < -0.39 is 17.9 Å². The predicted molar refractivity (Wildman–Crippen MR) is 102 cm³/mol. The molecule has 2 aliphatic rings. The van der Waals surface area contributed by atoms with Gasteiger partial charge in [0.15, 0.2) is 17.9 Å². The number of hydrogen-bond acceptors (Lipinski definition) is 9. The fourth-order valence-electron chi connectivity index (χ4n) is 3.27. The quantitative estimate of drug-likeness (QED) is 0.271. The zero-order valence-electron chi connectivity index (χ0n) is 18.0. The van der Waals surface area contributed by atoms with Gasteiger partial charge in [-0.25, -0.2) is 0 Å². The lowest BCUT2D eigenvalue weighted by Gasteiger charge is -2.24. The number of hydrogen-bond donors (Lipinski definition) is 1. The second-order valence-corrected chi connectivity index (χ2v) is 7.94. The van der Waals surface area contributed by atoms with Crippen molar-refractivity contribution in [1.29, 1.82) is 0 Å². The van der Waals surface area contributed by atoms with E-state index in [0.29, 0.717) is 39.1 Å². The van der Waals surface area contributed by atoms with E-state index in [0.717, 1.165) is 0 Å². The highest BCUT2D eigenvalue weighted by Gasteiger charge is 2.36. The van der Waals surface area contributed by atoms with Crippen LogP contribution in [0.2, 0.25) is 0 Å². The van der Waals surface area contributed by atoms with Gasteiger partial charge in [0, 0.05) is 19.3 Å². The van der Waals surface area contributed by atoms with Crippen LogP contribution in [0.15, 0.2) is 0 Å². The lowest BCUT2D eigenvalue weighted by molar-refractivity contribution is -0.178. The highest BCUT2D eigenvalue weighted by molar-refractivity contribution is 5.69. The molecule has 0 saturated carbocycles. The lowest BCUT2D eigenvalue weighted by Crippen LogP contribution is -2.29. The standard InChI is InChI=1S/C20H36O9/c1-15-13-26-19(3,28-15)7-5-17(21)24-11-9-23-10-12-25-18(22)6-8-20(4)27-14-16(2)29-20/h15-17,21H,5-14H2,1-4H3. The van der Waals surface area contributed by atoms with Crippen LogP contribution in [0.1, 0.15) is 53.4 Å². The van der Waals surface area contributed by atoms with Crippen molar-refractivity contribution < 1.29 is 43.1 Å². The van der Waals surface area contributed by atoms with Crippen molar-refractivity contribution in [2.45, 2.75) is 83.5 Å². The van der Waals surface area contributed by atoms with E-state index in [1.165, 1.54) is 0 Å². The molecule has 2 rings (SSSR count). The van der Waals surface area contributed by atoms with Crippen molar-refractivity contribution in [1.82, 2.24) is 0 Å². The number of aliphatic hydroxyl groups excluding tert-OH is 1. The minimum atomic E-state index is -0.902. The molecule has 0 aliphatic carbocycles. The normalized spacial score (nSPS) is 33.1. The SMILES string of the molecule is CC1COC(C)(CCC(=O)OCCOCCOC(O)CCC2(C)OCC(C)O2)O1. The van der Waals surface area contributed by atoms with Crippen molar-refractivity contribution in [3.8, 4) is 0 Å². The topological polar surface area (TPSA) is 102 Å². The molecule has 170 valence electrons. The highest BCUT2D eigenvalue weighted by Crippen LogP contribution is 2.29. The molecule has 1 N–H and O–H groups in total. The Labute approximate surface area is 172 Å². The molecule has 2 saturated heterocycles. The Hall–Kier alpha value is -0.810. The van der Waals surface area contributed by atoms with Crippen molar-refractivity contribution >= 4 is 5.97 Å². The number of carbonyl (C=O) groups is 1. The Kier molecular flexibility index (Phi) is 9.74. The number of rotatable bonds is 13. The summed E-state index contributed by atoms with van der Waals surface area (Å²) in [6, 6.07) is 0. The van der Waals surface area contributed by atoms with E-state index in [2.05, 4.69) is 0 Å². The van der Waals surface area contributed by atoms with Crippen LogP contribution in [0.25, 0.3) is 0 Å². The van der Waals surface area contributed by atoms with E-state index in [1.54, 1.807) is 0 Å². The maximum Gasteiger partial charge on any atom is 0.306 e. The van der Waals surface area contributed by atoms with Crippen molar-refractivity contribution in [2.75, 3.05) is 39.6 Å². The zero-order valence-corrected chi connectivity index (χ0v) is 18.0. The van der Waals surface area contributed by atoms with Gasteiger partial charge in [0.1, 0.15) is 6.61 Å². The van der Waals surface area contributed by atoms with Crippen LogP contribution in [-0.4, -0.2) is 80.8 Å². The third-order valence-electron chi connectivity index (χ3n) is 4.80. The second-order valence-electron chi connectivity index (χ2n) is 7.94. The summed E-state index contributed by atoms with van der Waals surface area (Å²) < 4.78 is 38.2. The summed E-state index contributed by atoms with van der Waals surface area (Å²) in [7, 11) is 0. The molecule has 0 spiro atoms. The van der Waals surface area contributed by atoms with Gasteiger partial charge in [-0.15, -0.1) is 0 Å². The molecule has 9 heteroatoms. The molecular weight excluding hydrogens is 384 g/mol. The van der Waals surface area contributed by atoms with Crippen LogP contribution in [0.3, 0.4) is 0 Å². The van der Waals surface area contributed by atoms with Crippen LogP contribution >= 0.6 is 0 Å². The Morgan fingerprint density at radius 2 is 1.59 bits per heavy atom. The van der Waals surface area contributed by atoms with E-state index in [9.17, 15) is 9.90 Å². The van der Waals surface area contributed by atoms with Crippen molar-refractivity contribution in [2.24, 2.45) is 0 Å². The number of ether oxygens (including phenoxy) is 7. The van der Waals surface area contributed by atoms with Crippen LogP contribution in [0, 0.1) is 0 Å². The van der Waals surface area contributed by atoms with Crippen LogP contribution in [0.4, 0.5) is 0 Å². The molecule has 0 bridgehead atoms. The minimum Gasteiger partial charge on any atom is -0.463 e. The molecule has 2 heterocycles. The van der Waals surface area contributed by atoms with Gasteiger partial charge in [-0.3, -0.25) is 4.79 Å². The highest BCUT2D eigenvalue weighted by atomic mass is 16.7. The maximum absolute atomic E-state index is 11.8. The van der Waals surface area contributed by atoms with E-state index in [4.69, 9.17) is 33.2 Å². The summed E-state index contributed by atoms with van der Waals surface area (Å²) in [6.07, 6.45) is 0.842. The molecule has 5 atom stereocenters. The van der Waals surface area contributed by atoms with Gasteiger partial charge in [-0.1, -0.05) is 0 Å². The third-order valence-corrected chi connectivity index (χ3v) is 4.80. The first-order chi connectivity index (χ1) is 13.7. The molecule has 0 aromatic heterocycles. The van der Waals surface area contributed by atoms with Gasteiger partial charge in [0.05, 0.1) is 51.7 Å². The van der Waals surface area contributed by atoms with Gasteiger partial charge in [-0.05, 0) is 27.7 Å². The second kappa shape index (κ2) is 11.5.